The summed E-state index contributed by atoms with van der Waals surface area (Å²) in [5.74, 6) is 1.29. The van der Waals surface area contributed by atoms with Crippen LogP contribution in [0.5, 0.6) is 0 Å². The first kappa shape index (κ1) is 20.6. The van der Waals surface area contributed by atoms with Gasteiger partial charge in [0.15, 0.2) is 4.90 Å². The minimum atomic E-state index is -1.31. The standard InChI is InChI=1S/C23H27BrN2O2S/c1-3-29(28)19-10-7-16(8-11-19)14-25-22(27)26-15-23(2,17-5-4-6-17)20-13-18(24)9-12-21(20)26/h7-13,17H,3-6,14-15H2,1-2H3,(H,25,27)/p+1. The van der Waals surface area contributed by atoms with Crippen LogP contribution >= 0.6 is 15.9 Å². The van der Waals surface area contributed by atoms with Crippen molar-refractivity contribution >= 4 is 38.4 Å². The molecule has 1 N–H and O–H groups in total. The summed E-state index contributed by atoms with van der Waals surface area (Å²) in [6.07, 6.45) is 3.77. The first-order chi connectivity index (χ1) is 13.9. The monoisotopic (exact) mass is 475 g/mol. The number of nitrogens with zero attached hydrogens (tertiary/aromatic N) is 1. The van der Waals surface area contributed by atoms with Crippen molar-refractivity contribution in [1.82, 2.24) is 5.32 Å². The van der Waals surface area contributed by atoms with Crippen LogP contribution in [0.1, 0.15) is 44.2 Å². The minimum Gasteiger partial charge on any atom is -0.334 e. The summed E-state index contributed by atoms with van der Waals surface area (Å²) in [5, 5.41) is 3.07. The molecule has 154 valence electrons. The van der Waals surface area contributed by atoms with E-state index < -0.39 is 10.8 Å². The van der Waals surface area contributed by atoms with Gasteiger partial charge in [-0.25, -0.2) is 4.79 Å². The van der Waals surface area contributed by atoms with Crippen LogP contribution in [0.3, 0.4) is 0 Å². The van der Waals surface area contributed by atoms with Crippen LogP contribution in [-0.2, 0) is 27.0 Å². The summed E-state index contributed by atoms with van der Waals surface area (Å²) >= 11 is 3.60. The van der Waals surface area contributed by atoms with Gasteiger partial charge in [-0.15, -0.1) is 4.21 Å². The molecular weight excluding hydrogens is 448 g/mol. The van der Waals surface area contributed by atoms with E-state index in [0.29, 0.717) is 18.2 Å². The summed E-state index contributed by atoms with van der Waals surface area (Å²) in [4.78, 5) is 15.8. The summed E-state index contributed by atoms with van der Waals surface area (Å²) in [6, 6.07) is 13.9. The van der Waals surface area contributed by atoms with Crippen molar-refractivity contribution in [2.24, 2.45) is 5.92 Å². The van der Waals surface area contributed by atoms with Crippen LogP contribution in [0, 0.1) is 5.92 Å². The predicted molar refractivity (Wildman–Crippen MR) is 123 cm³/mol. The normalized spacial score (nSPS) is 22.1. The van der Waals surface area contributed by atoms with Gasteiger partial charge in [0, 0.05) is 28.7 Å². The van der Waals surface area contributed by atoms with E-state index in [1.165, 1.54) is 24.8 Å². The average Bonchev–Trinajstić information content (AvgIpc) is 2.97. The Morgan fingerprint density at radius 2 is 1.97 bits per heavy atom. The molecule has 2 amide bonds. The third kappa shape index (κ3) is 3.89. The quantitative estimate of drug-likeness (QED) is 0.470. The van der Waals surface area contributed by atoms with E-state index in [9.17, 15) is 9.00 Å². The lowest BCUT2D eigenvalue weighted by molar-refractivity contribution is 0.188. The highest BCUT2D eigenvalue weighted by atomic mass is 79.9. The number of benzene rings is 2. The Labute approximate surface area is 183 Å². The number of carbonyl (C=O) groups is 1. The Kier molecular flexibility index (Phi) is 5.85. The van der Waals surface area contributed by atoms with E-state index >= 15 is 0 Å². The third-order valence-electron chi connectivity index (χ3n) is 6.56. The molecule has 0 aromatic heterocycles. The van der Waals surface area contributed by atoms with Crippen molar-refractivity contribution in [3.63, 3.8) is 0 Å². The molecule has 0 bridgehead atoms. The Balaban J connectivity index is 1.48. The number of carbonyl (C=O) groups excluding carboxylic acids is 1. The van der Waals surface area contributed by atoms with Gasteiger partial charge in [0.05, 0.1) is 0 Å². The topological polar surface area (TPSA) is 49.4 Å². The van der Waals surface area contributed by atoms with Gasteiger partial charge in [-0.1, -0.05) is 41.4 Å². The van der Waals surface area contributed by atoms with Crippen LogP contribution in [0.4, 0.5) is 10.5 Å². The Morgan fingerprint density at radius 1 is 1.24 bits per heavy atom. The summed E-state index contributed by atoms with van der Waals surface area (Å²) in [7, 11) is -1.31. The lowest BCUT2D eigenvalue weighted by Gasteiger charge is -2.41. The van der Waals surface area contributed by atoms with Gasteiger partial charge >= 0.3 is 6.03 Å². The van der Waals surface area contributed by atoms with Crippen molar-refractivity contribution in [3.05, 3.63) is 58.1 Å². The molecule has 1 fully saturated rings. The number of fused-ring (bicyclic) bond motifs is 1. The van der Waals surface area contributed by atoms with Crippen molar-refractivity contribution in [1.29, 1.82) is 0 Å². The maximum atomic E-state index is 13.1. The number of hydrogen-bond donors (Lipinski definition) is 1. The number of amides is 2. The maximum Gasteiger partial charge on any atom is 0.322 e. The first-order valence-electron chi connectivity index (χ1n) is 10.3. The predicted octanol–water partition coefficient (Wildman–Crippen LogP) is 5.31. The number of thiol groups is 1. The molecule has 2 aromatic rings. The lowest BCUT2D eigenvalue weighted by atomic mass is 9.64. The fraction of sp³-hybridized carbons (Fsp3) is 0.435. The molecule has 1 heterocycles. The summed E-state index contributed by atoms with van der Waals surface area (Å²) in [5.41, 5.74) is 3.33. The molecule has 2 atom stereocenters. The summed E-state index contributed by atoms with van der Waals surface area (Å²) in [6.45, 7) is 5.43. The Bertz CT molecular complexity index is 942. The molecule has 2 aromatic carbocycles. The zero-order chi connectivity index (χ0) is 20.6. The molecule has 1 aliphatic carbocycles. The van der Waals surface area contributed by atoms with E-state index in [4.69, 9.17) is 0 Å². The van der Waals surface area contributed by atoms with Crippen molar-refractivity contribution in [2.45, 2.75) is 50.0 Å². The second-order valence-electron chi connectivity index (χ2n) is 8.31. The van der Waals surface area contributed by atoms with Crippen LogP contribution in [0.25, 0.3) is 0 Å². The summed E-state index contributed by atoms with van der Waals surface area (Å²) < 4.78 is 13.0. The number of anilines is 1. The molecule has 1 aliphatic heterocycles. The van der Waals surface area contributed by atoms with E-state index in [2.05, 4.69) is 40.3 Å². The molecule has 2 aliphatic rings. The molecule has 29 heavy (non-hydrogen) atoms. The van der Waals surface area contributed by atoms with Gasteiger partial charge in [0.1, 0.15) is 16.6 Å². The molecule has 2 unspecified atom stereocenters. The van der Waals surface area contributed by atoms with Gasteiger partial charge < -0.3 is 5.32 Å². The Morgan fingerprint density at radius 3 is 2.59 bits per heavy atom. The fourth-order valence-corrected chi connectivity index (χ4v) is 5.72. The zero-order valence-electron chi connectivity index (χ0n) is 17.0. The van der Waals surface area contributed by atoms with E-state index in [-0.39, 0.29) is 11.4 Å². The smallest absolute Gasteiger partial charge is 0.322 e. The van der Waals surface area contributed by atoms with Crippen LogP contribution in [0.15, 0.2) is 51.8 Å². The van der Waals surface area contributed by atoms with Crippen LogP contribution in [0.2, 0.25) is 0 Å². The highest BCUT2D eigenvalue weighted by Crippen LogP contribution is 2.52. The zero-order valence-corrected chi connectivity index (χ0v) is 19.4. The molecule has 4 rings (SSSR count). The molecule has 1 saturated carbocycles. The number of urea groups is 1. The SMILES string of the molecule is CC[SH+](=O)c1ccc(CNC(=O)N2CC(C)(C3CCC3)c3cc(Br)ccc32)cc1. The minimum absolute atomic E-state index is 0.0157. The molecular formula is C23H28BrN2O2S+. The lowest BCUT2D eigenvalue weighted by Crippen LogP contribution is -2.45. The molecule has 6 heteroatoms. The second kappa shape index (κ2) is 8.23. The first-order valence-corrected chi connectivity index (χ1v) is 12.5. The number of hydrogen-bond acceptors (Lipinski definition) is 2. The van der Waals surface area contributed by atoms with Crippen molar-refractivity contribution < 1.29 is 9.00 Å². The van der Waals surface area contributed by atoms with Gasteiger partial charge in [0.2, 0.25) is 0 Å². The Hall–Kier alpha value is -1.66. The molecule has 4 nitrogen and oxygen atoms in total. The molecule has 0 spiro atoms. The van der Waals surface area contributed by atoms with Gasteiger partial charge in [-0.2, -0.15) is 0 Å². The largest absolute Gasteiger partial charge is 0.334 e. The van der Waals surface area contributed by atoms with Crippen LogP contribution < -0.4 is 10.2 Å². The van der Waals surface area contributed by atoms with Gasteiger partial charge in [0.25, 0.3) is 0 Å². The highest BCUT2D eigenvalue weighted by Gasteiger charge is 2.48. The number of nitrogens with one attached hydrogen (secondary N) is 1. The van der Waals surface area contributed by atoms with Crippen molar-refractivity contribution in [3.8, 4) is 0 Å². The van der Waals surface area contributed by atoms with Crippen LogP contribution in [-0.4, -0.2) is 18.3 Å². The number of halogens is 1. The van der Waals surface area contributed by atoms with E-state index in [1.807, 2.05) is 42.2 Å². The fourth-order valence-electron chi connectivity index (χ4n) is 4.51. The molecule has 0 radical (unpaired) electrons. The third-order valence-corrected chi connectivity index (χ3v) is 8.50. The number of rotatable bonds is 5. The molecule has 0 saturated heterocycles. The van der Waals surface area contributed by atoms with E-state index in [1.54, 1.807) is 0 Å². The average molecular weight is 476 g/mol. The van der Waals surface area contributed by atoms with Gasteiger partial charge in [-0.05, 0) is 67.1 Å². The van der Waals surface area contributed by atoms with Gasteiger partial charge in [-0.3, -0.25) is 4.90 Å². The van der Waals surface area contributed by atoms with E-state index in [0.717, 1.165) is 27.2 Å². The van der Waals surface area contributed by atoms with Crippen molar-refractivity contribution in [2.75, 3.05) is 17.2 Å². The second-order valence-corrected chi connectivity index (χ2v) is 11.1. The highest BCUT2D eigenvalue weighted by molar-refractivity contribution is 9.10. The maximum absolute atomic E-state index is 13.1.